The molecular weight excluding hydrogens is 274 g/mol. The molecule has 1 saturated heterocycles. The Morgan fingerprint density at radius 1 is 1.47 bits per heavy atom. The number of carbonyl (C=O) groups is 2. The molecule has 1 amide bonds. The molecule has 0 aromatic heterocycles. The van der Waals surface area contributed by atoms with E-state index >= 15 is 0 Å². The quantitative estimate of drug-likeness (QED) is 0.563. The molecule has 19 heavy (non-hydrogen) atoms. The van der Waals surface area contributed by atoms with Crippen LogP contribution < -0.4 is 10.6 Å². The van der Waals surface area contributed by atoms with Crippen LogP contribution >= 0.6 is 0 Å². The first kappa shape index (κ1) is 15.9. The molecule has 0 saturated carbocycles. The number of sulfonamides is 1. The summed E-state index contributed by atoms with van der Waals surface area (Å²) in [7, 11) is -1.01. The topological polar surface area (TPSA) is 105 Å². The molecule has 110 valence electrons. The van der Waals surface area contributed by atoms with Crippen molar-refractivity contribution in [2.45, 2.75) is 12.5 Å². The van der Waals surface area contributed by atoms with Crippen molar-refractivity contribution in [3.8, 4) is 0 Å². The number of rotatable bonds is 5. The average molecular weight is 293 g/mol. The number of ether oxygens (including phenoxy) is 1. The van der Waals surface area contributed by atoms with Crippen LogP contribution in [0, 0.1) is 0 Å². The Hall–Kier alpha value is -1.19. The van der Waals surface area contributed by atoms with Gasteiger partial charge < -0.3 is 15.4 Å². The van der Waals surface area contributed by atoms with Gasteiger partial charge in [0.1, 0.15) is 6.04 Å². The maximum absolute atomic E-state index is 12.1. The molecule has 1 unspecified atom stereocenters. The monoisotopic (exact) mass is 293 g/mol. The highest BCUT2D eigenvalue weighted by atomic mass is 32.2. The second-order valence-corrected chi connectivity index (χ2v) is 6.13. The number of hydrogen-bond acceptors (Lipinski definition) is 6. The summed E-state index contributed by atoms with van der Waals surface area (Å²) in [5.41, 5.74) is 0. The molecule has 0 bridgehead atoms. The van der Waals surface area contributed by atoms with Crippen LogP contribution in [-0.4, -0.2) is 70.2 Å². The predicted molar refractivity (Wildman–Crippen MR) is 67.9 cm³/mol. The summed E-state index contributed by atoms with van der Waals surface area (Å²) in [6.45, 7) is 0.948. The minimum absolute atomic E-state index is 0.210. The lowest BCUT2D eigenvalue weighted by Gasteiger charge is -2.33. The molecule has 9 heteroatoms. The summed E-state index contributed by atoms with van der Waals surface area (Å²) < 4.78 is 29.9. The Kier molecular flexibility index (Phi) is 5.70. The van der Waals surface area contributed by atoms with Gasteiger partial charge in [0.05, 0.1) is 19.3 Å². The van der Waals surface area contributed by atoms with E-state index in [4.69, 9.17) is 0 Å². The van der Waals surface area contributed by atoms with E-state index in [1.165, 1.54) is 14.2 Å². The van der Waals surface area contributed by atoms with Crippen molar-refractivity contribution in [2.75, 3.05) is 39.5 Å². The van der Waals surface area contributed by atoms with Gasteiger partial charge in [0.15, 0.2) is 0 Å². The molecule has 0 radical (unpaired) electrons. The smallest absolute Gasteiger partial charge is 0.306 e. The van der Waals surface area contributed by atoms with Crippen LogP contribution in [0.5, 0.6) is 0 Å². The number of piperazine rings is 1. The van der Waals surface area contributed by atoms with Crippen molar-refractivity contribution >= 4 is 21.9 Å². The maximum atomic E-state index is 12.1. The van der Waals surface area contributed by atoms with Crippen LogP contribution in [0.4, 0.5) is 0 Å². The summed E-state index contributed by atoms with van der Waals surface area (Å²) in [4.78, 5) is 22.7. The van der Waals surface area contributed by atoms with Crippen molar-refractivity contribution in [3.05, 3.63) is 0 Å². The van der Waals surface area contributed by atoms with Gasteiger partial charge in [0.25, 0.3) is 0 Å². The van der Waals surface area contributed by atoms with Gasteiger partial charge in [-0.1, -0.05) is 0 Å². The van der Waals surface area contributed by atoms with E-state index in [1.54, 1.807) is 0 Å². The van der Waals surface area contributed by atoms with Crippen LogP contribution in [0.2, 0.25) is 0 Å². The minimum Gasteiger partial charge on any atom is -0.469 e. The molecule has 8 nitrogen and oxygen atoms in total. The Morgan fingerprint density at radius 2 is 2.16 bits per heavy atom. The lowest BCUT2D eigenvalue weighted by Crippen LogP contribution is -2.59. The predicted octanol–water partition coefficient (Wildman–Crippen LogP) is -2.10. The highest BCUT2D eigenvalue weighted by Gasteiger charge is 2.36. The molecule has 0 aromatic rings. The fraction of sp³-hybridized carbons (Fsp3) is 0.800. The van der Waals surface area contributed by atoms with Gasteiger partial charge in [-0.3, -0.25) is 9.59 Å². The van der Waals surface area contributed by atoms with Gasteiger partial charge in [0.2, 0.25) is 15.9 Å². The Bertz CT molecular complexity index is 436. The zero-order valence-electron chi connectivity index (χ0n) is 11.0. The number of hydrogen-bond donors (Lipinski definition) is 2. The zero-order chi connectivity index (χ0) is 14.5. The highest BCUT2D eigenvalue weighted by Crippen LogP contribution is 2.12. The lowest BCUT2D eigenvalue weighted by atomic mass is 10.2. The SMILES string of the molecule is CNC(=O)C1CNCCN1S(=O)(=O)CCC(=O)OC. The number of nitrogens with one attached hydrogen (secondary N) is 2. The van der Waals surface area contributed by atoms with E-state index in [0.717, 1.165) is 4.31 Å². The molecule has 1 aliphatic rings. The number of esters is 1. The van der Waals surface area contributed by atoms with E-state index in [1.807, 2.05) is 0 Å². The molecule has 1 rings (SSSR count). The van der Waals surface area contributed by atoms with Crippen molar-refractivity contribution in [3.63, 3.8) is 0 Å². The van der Waals surface area contributed by atoms with Gasteiger partial charge >= 0.3 is 5.97 Å². The van der Waals surface area contributed by atoms with Gasteiger partial charge in [0, 0.05) is 26.7 Å². The van der Waals surface area contributed by atoms with E-state index < -0.39 is 22.0 Å². The summed E-state index contributed by atoms with van der Waals surface area (Å²) in [5.74, 6) is -1.31. The molecule has 0 aromatic carbocycles. The van der Waals surface area contributed by atoms with Crippen molar-refractivity contribution < 1.29 is 22.7 Å². The van der Waals surface area contributed by atoms with E-state index in [2.05, 4.69) is 15.4 Å². The molecule has 1 fully saturated rings. The first-order valence-corrected chi connectivity index (χ1v) is 7.52. The molecule has 0 spiro atoms. The fourth-order valence-corrected chi connectivity index (χ4v) is 3.43. The number of amides is 1. The average Bonchev–Trinajstić information content (AvgIpc) is 2.43. The van der Waals surface area contributed by atoms with E-state index in [0.29, 0.717) is 6.54 Å². The second kappa shape index (κ2) is 6.83. The fourth-order valence-electron chi connectivity index (χ4n) is 1.84. The number of likely N-dealkylation sites (N-methyl/N-ethyl adjacent to an activating group) is 1. The van der Waals surface area contributed by atoms with Crippen molar-refractivity contribution in [1.82, 2.24) is 14.9 Å². The standard InChI is InChI=1S/C10H19N3O5S/c1-11-10(15)8-7-12-4-5-13(8)19(16,17)6-3-9(14)18-2/h8,12H,3-7H2,1-2H3,(H,11,15). The molecule has 0 aliphatic carbocycles. The highest BCUT2D eigenvalue weighted by molar-refractivity contribution is 7.89. The van der Waals surface area contributed by atoms with E-state index in [9.17, 15) is 18.0 Å². The normalized spacial score (nSPS) is 20.8. The summed E-state index contributed by atoms with van der Waals surface area (Å²) in [6, 6.07) is -0.776. The number of carbonyl (C=O) groups excluding carboxylic acids is 2. The summed E-state index contributed by atoms with van der Waals surface area (Å²) in [6.07, 6.45) is -0.219. The third-order valence-electron chi connectivity index (χ3n) is 2.89. The Morgan fingerprint density at radius 3 is 2.74 bits per heavy atom. The zero-order valence-corrected chi connectivity index (χ0v) is 11.8. The van der Waals surface area contributed by atoms with Gasteiger partial charge in [-0.05, 0) is 0 Å². The molecular formula is C10H19N3O5S. The van der Waals surface area contributed by atoms with Gasteiger partial charge in [-0.2, -0.15) is 4.31 Å². The van der Waals surface area contributed by atoms with E-state index in [-0.39, 0.29) is 31.2 Å². The van der Waals surface area contributed by atoms with Crippen molar-refractivity contribution in [1.29, 1.82) is 0 Å². The molecule has 1 aliphatic heterocycles. The summed E-state index contributed by atoms with van der Waals surface area (Å²) in [5, 5.41) is 5.41. The van der Waals surface area contributed by atoms with Crippen molar-refractivity contribution in [2.24, 2.45) is 0 Å². The largest absolute Gasteiger partial charge is 0.469 e. The Balaban J connectivity index is 2.78. The second-order valence-electron chi connectivity index (χ2n) is 4.09. The van der Waals surface area contributed by atoms with Gasteiger partial charge in [-0.25, -0.2) is 8.42 Å². The number of methoxy groups -OCH3 is 1. The molecule has 1 atom stereocenters. The Labute approximate surface area is 112 Å². The minimum atomic E-state index is -3.66. The van der Waals surface area contributed by atoms with Crippen LogP contribution in [-0.2, 0) is 24.3 Å². The third kappa shape index (κ3) is 4.15. The van der Waals surface area contributed by atoms with Crippen LogP contribution in [0.25, 0.3) is 0 Å². The summed E-state index contributed by atoms with van der Waals surface area (Å²) >= 11 is 0. The first-order valence-electron chi connectivity index (χ1n) is 5.91. The lowest BCUT2D eigenvalue weighted by molar-refractivity contribution is -0.140. The van der Waals surface area contributed by atoms with Crippen LogP contribution in [0.15, 0.2) is 0 Å². The van der Waals surface area contributed by atoms with Gasteiger partial charge in [-0.15, -0.1) is 0 Å². The first-order chi connectivity index (χ1) is 8.92. The third-order valence-corrected chi connectivity index (χ3v) is 4.76. The van der Waals surface area contributed by atoms with Crippen LogP contribution in [0.1, 0.15) is 6.42 Å². The molecule has 1 heterocycles. The van der Waals surface area contributed by atoms with Crippen LogP contribution in [0.3, 0.4) is 0 Å². The molecule has 2 N–H and O–H groups in total. The maximum Gasteiger partial charge on any atom is 0.306 e. The number of nitrogens with zero attached hydrogens (tertiary/aromatic N) is 1.